The highest BCUT2D eigenvalue weighted by molar-refractivity contribution is 7.89. The number of carbonyl (C=O) groups excluding carboxylic acids is 2. The van der Waals surface area contributed by atoms with E-state index in [0.29, 0.717) is 13.1 Å². The molecule has 2 aromatic carbocycles. The molecule has 1 aliphatic heterocycles. The highest BCUT2D eigenvalue weighted by Gasteiger charge is 2.35. The average Bonchev–Trinajstić information content (AvgIpc) is 3.12. The second kappa shape index (κ2) is 9.16. The number of hydrogen-bond acceptors (Lipinski definition) is 4. The molecule has 1 fully saturated rings. The van der Waals surface area contributed by atoms with Gasteiger partial charge in [0.05, 0.1) is 21.5 Å². The van der Waals surface area contributed by atoms with E-state index in [1.807, 2.05) is 30.3 Å². The van der Waals surface area contributed by atoms with Crippen LogP contribution in [0, 0.1) is 5.92 Å². The predicted octanol–water partition coefficient (Wildman–Crippen LogP) is 3.36. The summed E-state index contributed by atoms with van der Waals surface area (Å²) in [7, 11) is -3.69. The number of nitrogens with one attached hydrogen (secondary N) is 1. The Morgan fingerprint density at radius 2 is 1.83 bits per heavy atom. The second-order valence-electron chi connectivity index (χ2n) is 6.96. The van der Waals surface area contributed by atoms with Crippen molar-refractivity contribution in [3.63, 3.8) is 0 Å². The maximum Gasteiger partial charge on any atom is 0.243 e. The smallest absolute Gasteiger partial charge is 0.243 e. The molecule has 0 spiro atoms. The molecule has 1 heterocycles. The van der Waals surface area contributed by atoms with Crippen LogP contribution in [0.2, 0.25) is 5.02 Å². The maximum absolute atomic E-state index is 12.8. The quantitative estimate of drug-likeness (QED) is 0.702. The van der Waals surface area contributed by atoms with Crippen LogP contribution in [0.4, 0.5) is 11.4 Å². The van der Waals surface area contributed by atoms with Gasteiger partial charge in [-0.1, -0.05) is 43.6 Å². The number of benzene rings is 2. The summed E-state index contributed by atoms with van der Waals surface area (Å²) in [6, 6.07) is 13.4. The van der Waals surface area contributed by atoms with Crippen LogP contribution in [0.3, 0.4) is 0 Å². The largest absolute Gasteiger partial charge is 0.324 e. The molecule has 30 heavy (non-hydrogen) atoms. The second-order valence-corrected chi connectivity index (χ2v) is 9.31. The Morgan fingerprint density at radius 1 is 1.17 bits per heavy atom. The number of anilines is 2. The molecule has 0 aliphatic carbocycles. The zero-order valence-corrected chi connectivity index (χ0v) is 18.4. The first-order valence-corrected chi connectivity index (χ1v) is 11.6. The minimum absolute atomic E-state index is 0.0549. The standard InChI is InChI=1S/C21H24ClN3O4S/c1-3-24(4-2)30(28,29)17-10-11-18(22)19(13-17)23-21(27)15-12-20(26)25(14-15)16-8-6-5-7-9-16/h5-11,13,15H,3-4,12,14H2,1-2H3,(H,23,27). The fourth-order valence-corrected chi connectivity index (χ4v) is 5.10. The van der Waals surface area contributed by atoms with Crippen molar-refractivity contribution in [3.05, 3.63) is 53.6 Å². The van der Waals surface area contributed by atoms with E-state index < -0.39 is 15.9 Å². The molecule has 7 nitrogen and oxygen atoms in total. The van der Waals surface area contributed by atoms with Crippen molar-refractivity contribution in [1.29, 1.82) is 0 Å². The minimum Gasteiger partial charge on any atom is -0.324 e. The summed E-state index contributed by atoms with van der Waals surface area (Å²) in [6.45, 7) is 4.44. The van der Waals surface area contributed by atoms with Crippen LogP contribution in [0.15, 0.2) is 53.4 Å². The fraction of sp³-hybridized carbons (Fsp3) is 0.333. The van der Waals surface area contributed by atoms with Crippen LogP contribution in [0.5, 0.6) is 0 Å². The van der Waals surface area contributed by atoms with Gasteiger partial charge in [0.1, 0.15) is 0 Å². The molecule has 2 amide bonds. The maximum atomic E-state index is 12.8. The van der Waals surface area contributed by atoms with Gasteiger partial charge in [-0.3, -0.25) is 9.59 Å². The first-order chi connectivity index (χ1) is 14.3. The monoisotopic (exact) mass is 449 g/mol. The molecule has 1 atom stereocenters. The molecule has 0 bridgehead atoms. The summed E-state index contributed by atoms with van der Waals surface area (Å²) in [5, 5.41) is 2.93. The van der Waals surface area contributed by atoms with E-state index in [9.17, 15) is 18.0 Å². The van der Waals surface area contributed by atoms with E-state index in [4.69, 9.17) is 11.6 Å². The highest BCUT2D eigenvalue weighted by atomic mass is 35.5. The van der Waals surface area contributed by atoms with Gasteiger partial charge in [0, 0.05) is 31.7 Å². The molecule has 9 heteroatoms. The molecule has 1 N–H and O–H groups in total. The molecule has 1 unspecified atom stereocenters. The first kappa shape index (κ1) is 22.3. The number of halogens is 1. The number of rotatable bonds is 7. The van der Waals surface area contributed by atoms with Gasteiger partial charge in [-0.15, -0.1) is 0 Å². The summed E-state index contributed by atoms with van der Waals surface area (Å²) < 4.78 is 26.9. The van der Waals surface area contributed by atoms with Crippen LogP contribution in [0.25, 0.3) is 0 Å². The van der Waals surface area contributed by atoms with Gasteiger partial charge in [-0.05, 0) is 30.3 Å². The van der Waals surface area contributed by atoms with Crippen molar-refractivity contribution < 1.29 is 18.0 Å². The summed E-state index contributed by atoms with van der Waals surface area (Å²) in [5.41, 5.74) is 0.948. The molecule has 0 radical (unpaired) electrons. The number of nitrogens with zero attached hydrogens (tertiary/aromatic N) is 2. The topological polar surface area (TPSA) is 86.8 Å². The fourth-order valence-electron chi connectivity index (χ4n) is 3.45. The Kier molecular flexibility index (Phi) is 6.80. The molecule has 1 saturated heterocycles. The predicted molar refractivity (Wildman–Crippen MR) is 117 cm³/mol. The minimum atomic E-state index is -3.69. The Hall–Kier alpha value is -2.42. The normalized spacial score (nSPS) is 16.9. The first-order valence-electron chi connectivity index (χ1n) is 9.73. The van der Waals surface area contributed by atoms with Crippen molar-refractivity contribution in [2.75, 3.05) is 29.9 Å². The van der Waals surface area contributed by atoms with Crippen LogP contribution >= 0.6 is 11.6 Å². The van der Waals surface area contributed by atoms with Gasteiger partial charge in [-0.2, -0.15) is 4.31 Å². The number of amides is 2. The van der Waals surface area contributed by atoms with Gasteiger partial charge >= 0.3 is 0 Å². The van der Waals surface area contributed by atoms with Crippen molar-refractivity contribution in [2.24, 2.45) is 5.92 Å². The van der Waals surface area contributed by atoms with E-state index >= 15 is 0 Å². The molecule has 2 aromatic rings. The Bertz CT molecular complexity index is 1040. The summed E-state index contributed by atoms with van der Waals surface area (Å²) in [5.74, 6) is -1.07. The van der Waals surface area contributed by atoms with Gasteiger partial charge in [0.25, 0.3) is 0 Å². The summed E-state index contributed by atoms with van der Waals surface area (Å²) in [6.07, 6.45) is 0.0791. The lowest BCUT2D eigenvalue weighted by Gasteiger charge is -2.19. The number of carbonyl (C=O) groups is 2. The number of para-hydroxylation sites is 1. The molecular weight excluding hydrogens is 426 g/mol. The SMILES string of the molecule is CCN(CC)S(=O)(=O)c1ccc(Cl)c(NC(=O)C2CC(=O)N(c3ccccc3)C2)c1. The van der Waals surface area contributed by atoms with Crippen LogP contribution in [0.1, 0.15) is 20.3 Å². The zero-order valence-electron chi connectivity index (χ0n) is 16.8. The Morgan fingerprint density at radius 3 is 2.47 bits per heavy atom. The Labute approximate surface area is 181 Å². The summed E-state index contributed by atoms with van der Waals surface area (Å²) >= 11 is 6.20. The molecule has 160 valence electrons. The van der Waals surface area contributed by atoms with Crippen molar-refractivity contribution >= 4 is 44.8 Å². The van der Waals surface area contributed by atoms with Crippen molar-refractivity contribution in [1.82, 2.24) is 4.31 Å². The third-order valence-electron chi connectivity index (χ3n) is 5.10. The zero-order chi connectivity index (χ0) is 21.9. The molecule has 1 aliphatic rings. The molecule has 3 rings (SSSR count). The van der Waals surface area contributed by atoms with Crippen molar-refractivity contribution in [2.45, 2.75) is 25.2 Å². The lowest BCUT2D eigenvalue weighted by Crippen LogP contribution is -2.31. The summed E-state index contributed by atoms with van der Waals surface area (Å²) in [4.78, 5) is 26.8. The van der Waals surface area contributed by atoms with Gasteiger partial charge < -0.3 is 10.2 Å². The van der Waals surface area contributed by atoms with Gasteiger partial charge in [0.15, 0.2) is 0 Å². The van der Waals surface area contributed by atoms with Crippen molar-refractivity contribution in [3.8, 4) is 0 Å². The van der Waals surface area contributed by atoms with Gasteiger partial charge in [0.2, 0.25) is 21.8 Å². The number of hydrogen-bond donors (Lipinski definition) is 1. The Balaban J connectivity index is 1.78. The highest BCUT2D eigenvalue weighted by Crippen LogP contribution is 2.30. The lowest BCUT2D eigenvalue weighted by atomic mass is 10.1. The average molecular weight is 450 g/mol. The van der Waals surface area contributed by atoms with Gasteiger partial charge in [-0.25, -0.2) is 8.42 Å². The van der Waals surface area contributed by atoms with Crippen LogP contribution in [-0.2, 0) is 19.6 Å². The third kappa shape index (κ3) is 4.50. The third-order valence-corrected chi connectivity index (χ3v) is 7.48. The molecule has 0 aromatic heterocycles. The van der Waals surface area contributed by atoms with Crippen LogP contribution in [-0.4, -0.2) is 44.2 Å². The van der Waals surface area contributed by atoms with E-state index in [1.54, 1.807) is 18.7 Å². The van der Waals surface area contributed by atoms with E-state index in [-0.39, 0.29) is 40.4 Å². The van der Waals surface area contributed by atoms with E-state index in [2.05, 4.69) is 5.32 Å². The van der Waals surface area contributed by atoms with E-state index in [1.165, 1.54) is 22.5 Å². The van der Waals surface area contributed by atoms with Crippen LogP contribution < -0.4 is 10.2 Å². The molecular formula is C21H24ClN3O4S. The number of sulfonamides is 1. The van der Waals surface area contributed by atoms with E-state index in [0.717, 1.165) is 5.69 Å². The lowest BCUT2D eigenvalue weighted by molar-refractivity contribution is -0.122. The molecule has 0 saturated carbocycles.